The summed E-state index contributed by atoms with van der Waals surface area (Å²) in [7, 11) is 0. The lowest BCUT2D eigenvalue weighted by Crippen LogP contribution is -2.46. The molecule has 2 N–H and O–H groups in total. The van der Waals surface area contributed by atoms with Crippen LogP contribution in [0.4, 0.5) is 0 Å². The molecule has 2 aliphatic heterocycles. The van der Waals surface area contributed by atoms with Crippen molar-refractivity contribution in [2.24, 2.45) is 5.92 Å². The van der Waals surface area contributed by atoms with Crippen molar-refractivity contribution in [3.05, 3.63) is 24.2 Å². The molecule has 2 aliphatic rings. The van der Waals surface area contributed by atoms with E-state index in [1.54, 1.807) is 18.4 Å². The van der Waals surface area contributed by atoms with Crippen LogP contribution >= 0.6 is 0 Å². The normalized spacial score (nSPS) is 29.6. The van der Waals surface area contributed by atoms with Gasteiger partial charge in [-0.05, 0) is 44.0 Å². The average molecular weight is 248 g/mol. The first kappa shape index (κ1) is 11.5. The number of nitrogens with one attached hydrogen (secondary N) is 2. The monoisotopic (exact) mass is 248 g/mol. The van der Waals surface area contributed by atoms with Gasteiger partial charge in [0.15, 0.2) is 0 Å². The fourth-order valence-corrected chi connectivity index (χ4v) is 3.19. The minimum absolute atomic E-state index is 0.163. The van der Waals surface area contributed by atoms with E-state index >= 15 is 0 Å². The van der Waals surface area contributed by atoms with Crippen LogP contribution in [0.25, 0.3) is 0 Å². The molecule has 0 spiro atoms. The molecule has 3 heterocycles. The van der Waals surface area contributed by atoms with Crippen molar-refractivity contribution < 1.29 is 14.0 Å². The molecule has 1 unspecified atom stereocenters. The molecule has 5 heteroatoms. The number of imide groups is 1. The lowest BCUT2D eigenvalue weighted by atomic mass is 9.68. The third-order valence-corrected chi connectivity index (χ3v) is 4.09. The molecule has 2 saturated heterocycles. The Morgan fingerprint density at radius 2 is 2.06 bits per heavy atom. The minimum Gasteiger partial charge on any atom is -0.468 e. The average Bonchev–Trinajstić information content (AvgIpc) is 2.99. The maximum Gasteiger partial charge on any atom is 0.241 e. The number of hydrogen-bond donors (Lipinski definition) is 2. The summed E-state index contributed by atoms with van der Waals surface area (Å²) in [6.45, 7) is 1.77. The summed E-state index contributed by atoms with van der Waals surface area (Å²) in [5.41, 5.74) is -0.789. The number of hydrogen-bond acceptors (Lipinski definition) is 4. The van der Waals surface area contributed by atoms with Gasteiger partial charge in [-0.15, -0.1) is 0 Å². The standard InChI is InChI=1S/C13H16N2O3/c16-11-8-13(12(17)15-11,10-2-1-7-18-10)9-3-5-14-6-4-9/h1-2,7,9,14H,3-6,8H2,(H,15,16,17). The van der Waals surface area contributed by atoms with Crippen molar-refractivity contribution in [2.75, 3.05) is 13.1 Å². The third kappa shape index (κ3) is 1.58. The number of furan rings is 1. The van der Waals surface area contributed by atoms with E-state index in [2.05, 4.69) is 10.6 Å². The molecule has 3 rings (SSSR count). The molecule has 1 aromatic rings. The van der Waals surface area contributed by atoms with Crippen LogP contribution in [0.5, 0.6) is 0 Å². The van der Waals surface area contributed by atoms with Crippen LogP contribution in [-0.2, 0) is 15.0 Å². The number of carbonyl (C=O) groups excluding carboxylic acids is 2. The first-order valence-electron chi connectivity index (χ1n) is 6.32. The van der Waals surface area contributed by atoms with Crippen LogP contribution in [0.3, 0.4) is 0 Å². The second-order valence-corrected chi connectivity index (χ2v) is 5.03. The van der Waals surface area contributed by atoms with Crippen LogP contribution in [0.1, 0.15) is 25.0 Å². The summed E-state index contributed by atoms with van der Waals surface area (Å²) < 4.78 is 5.46. The highest BCUT2D eigenvalue weighted by molar-refractivity contribution is 6.09. The van der Waals surface area contributed by atoms with Gasteiger partial charge in [-0.1, -0.05) is 0 Å². The molecule has 0 radical (unpaired) electrons. The summed E-state index contributed by atoms with van der Waals surface area (Å²) in [5, 5.41) is 5.71. The van der Waals surface area contributed by atoms with Crippen LogP contribution < -0.4 is 10.6 Å². The Morgan fingerprint density at radius 3 is 2.61 bits per heavy atom. The molecule has 2 amide bonds. The highest BCUT2D eigenvalue weighted by Crippen LogP contribution is 2.43. The van der Waals surface area contributed by atoms with Gasteiger partial charge in [-0.2, -0.15) is 0 Å². The van der Waals surface area contributed by atoms with Gasteiger partial charge in [0, 0.05) is 6.42 Å². The van der Waals surface area contributed by atoms with Crippen LogP contribution in [-0.4, -0.2) is 24.9 Å². The van der Waals surface area contributed by atoms with Crippen LogP contribution in [0.2, 0.25) is 0 Å². The van der Waals surface area contributed by atoms with E-state index in [1.165, 1.54) is 0 Å². The maximum atomic E-state index is 12.3. The lowest BCUT2D eigenvalue weighted by molar-refractivity contribution is -0.128. The Labute approximate surface area is 105 Å². The van der Waals surface area contributed by atoms with Crippen LogP contribution in [0, 0.1) is 5.92 Å². The Balaban J connectivity index is 2.03. The molecular formula is C13H16N2O3. The molecule has 1 aromatic heterocycles. The first-order valence-corrected chi connectivity index (χ1v) is 6.32. The maximum absolute atomic E-state index is 12.3. The molecule has 0 saturated carbocycles. The van der Waals surface area contributed by atoms with Crippen molar-refractivity contribution in [1.82, 2.24) is 10.6 Å². The Morgan fingerprint density at radius 1 is 1.28 bits per heavy atom. The Kier molecular flexibility index (Phi) is 2.70. The van der Waals surface area contributed by atoms with Crippen molar-refractivity contribution in [1.29, 1.82) is 0 Å². The molecule has 5 nitrogen and oxygen atoms in total. The Hall–Kier alpha value is -1.62. The minimum atomic E-state index is -0.789. The smallest absolute Gasteiger partial charge is 0.241 e. The summed E-state index contributed by atoms with van der Waals surface area (Å²) in [6.07, 6.45) is 3.56. The van der Waals surface area contributed by atoms with Gasteiger partial charge < -0.3 is 9.73 Å². The van der Waals surface area contributed by atoms with E-state index in [4.69, 9.17) is 4.42 Å². The van der Waals surface area contributed by atoms with E-state index in [-0.39, 0.29) is 24.2 Å². The predicted molar refractivity (Wildman–Crippen MR) is 63.7 cm³/mol. The SMILES string of the molecule is O=C1CC(c2ccco2)(C2CCNCC2)C(=O)N1. The van der Waals surface area contributed by atoms with Gasteiger partial charge >= 0.3 is 0 Å². The molecule has 1 atom stereocenters. The number of carbonyl (C=O) groups is 2. The van der Waals surface area contributed by atoms with Gasteiger partial charge in [-0.25, -0.2) is 0 Å². The number of amides is 2. The first-order chi connectivity index (χ1) is 8.73. The van der Waals surface area contributed by atoms with E-state index < -0.39 is 5.41 Å². The zero-order valence-electron chi connectivity index (χ0n) is 10.1. The fraction of sp³-hybridized carbons (Fsp3) is 0.538. The quantitative estimate of drug-likeness (QED) is 0.750. The number of piperidine rings is 1. The van der Waals surface area contributed by atoms with Crippen molar-refractivity contribution in [2.45, 2.75) is 24.7 Å². The van der Waals surface area contributed by atoms with Gasteiger partial charge in [0.2, 0.25) is 11.8 Å². The second kappa shape index (κ2) is 4.24. The second-order valence-electron chi connectivity index (χ2n) is 5.03. The third-order valence-electron chi connectivity index (χ3n) is 4.09. The van der Waals surface area contributed by atoms with Gasteiger partial charge in [0.05, 0.1) is 6.26 Å². The van der Waals surface area contributed by atoms with Gasteiger partial charge in [-0.3, -0.25) is 14.9 Å². The molecule has 18 heavy (non-hydrogen) atoms. The zero-order chi connectivity index (χ0) is 12.6. The highest BCUT2D eigenvalue weighted by atomic mass is 16.3. The molecule has 0 bridgehead atoms. The molecule has 2 fully saturated rings. The summed E-state index contributed by atoms with van der Waals surface area (Å²) >= 11 is 0. The molecule has 0 aliphatic carbocycles. The summed E-state index contributed by atoms with van der Waals surface area (Å²) in [4.78, 5) is 23.9. The summed E-state index contributed by atoms with van der Waals surface area (Å²) in [5.74, 6) is 0.387. The fourth-order valence-electron chi connectivity index (χ4n) is 3.19. The molecular weight excluding hydrogens is 232 g/mol. The van der Waals surface area contributed by atoms with Crippen molar-refractivity contribution >= 4 is 11.8 Å². The van der Waals surface area contributed by atoms with Crippen molar-refractivity contribution in [3.63, 3.8) is 0 Å². The zero-order valence-corrected chi connectivity index (χ0v) is 10.1. The lowest BCUT2D eigenvalue weighted by Gasteiger charge is -2.35. The van der Waals surface area contributed by atoms with Gasteiger partial charge in [0.1, 0.15) is 11.2 Å². The highest BCUT2D eigenvalue weighted by Gasteiger charge is 2.55. The molecule has 96 valence electrons. The number of rotatable bonds is 2. The summed E-state index contributed by atoms with van der Waals surface area (Å²) in [6, 6.07) is 3.58. The van der Waals surface area contributed by atoms with E-state index in [0.717, 1.165) is 25.9 Å². The molecule has 0 aromatic carbocycles. The van der Waals surface area contributed by atoms with E-state index in [1.807, 2.05) is 0 Å². The Bertz CT molecular complexity index is 463. The van der Waals surface area contributed by atoms with E-state index in [9.17, 15) is 9.59 Å². The van der Waals surface area contributed by atoms with Crippen LogP contribution in [0.15, 0.2) is 22.8 Å². The topological polar surface area (TPSA) is 71.3 Å². The predicted octanol–water partition coefficient (Wildman–Crippen LogP) is 0.564. The van der Waals surface area contributed by atoms with Crippen molar-refractivity contribution in [3.8, 4) is 0 Å². The largest absolute Gasteiger partial charge is 0.468 e. The van der Waals surface area contributed by atoms with Gasteiger partial charge in [0.25, 0.3) is 0 Å². The van der Waals surface area contributed by atoms with E-state index in [0.29, 0.717) is 5.76 Å².